The van der Waals surface area contributed by atoms with Gasteiger partial charge in [0.05, 0.1) is 10.4 Å². The summed E-state index contributed by atoms with van der Waals surface area (Å²) in [7, 11) is -3.24. The molecule has 0 saturated heterocycles. The number of hydrogen-bond acceptors (Lipinski definition) is 6. The highest BCUT2D eigenvalue weighted by atomic mass is 32.2. The van der Waals surface area contributed by atoms with E-state index in [1.54, 1.807) is 12.1 Å². The van der Waals surface area contributed by atoms with E-state index in [4.69, 9.17) is 9.47 Å². The number of aliphatic hydroxyl groups is 1. The lowest BCUT2D eigenvalue weighted by Gasteiger charge is -2.28. The Kier molecular flexibility index (Phi) is 7.85. The van der Waals surface area contributed by atoms with Gasteiger partial charge >= 0.3 is 0 Å². The van der Waals surface area contributed by atoms with Crippen molar-refractivity contribution in [2.75, 3.05) is 19.4 Å². The molecule has 208 valence electrons. The molecule has 0 fully saturated rings. The number of aliphatic hydroxyl groups excluding tert-OH is 1. The zero-order valence-electron chi connectivity index (χ0n) is 22.8. The molecule has 0 aliphatic rings. The van der Waals surface area contributed by atoms with Gasteiger partial charge in [0.15, 0.2) is 9.84 Å². The van der Waals surface area contributed by atoms with Crippen LogP contribution in [0, 0.1) is 0 Å². The molecule has 0 bridgehead atoms. The maximum Gasteiger partial charge on any atom is 0.175 e. The van der Waals surface area contributed by atoms with Gasteiger partial charge in [-0.2, -0.15) is 0 Å². The van der Waals surface area contributed by atoms with Crippen molar-refractivity contribution in [1.82, 2.24) is 10.3 Å². The van der Waals surface area contributed by atoms with E-state index in [1.165, 1.54) is 18.4 Å². The van der Waals surface area contributed by atoms with E-state index in [-0.39, 0.29) is 17.0 Å². The molecule has 1 aromatic heterocycles. The number of benzene rings is 4. The second-order valence-corrected chi connectivity index (χ2v) is 12.8. The fourth-order valence-corrected chi connectivity index (χ4v) is 5.40. The summed E-state index contributed by atoms with van der Waals surface area (Å²) in [6, 6.07) is 28.2. The number of aromatic amines is 1. The number of nitrogens with one attached hydrogen (secondary N) is 2. The Hall–Kier alpha value is -3.85. The highest BCUT2D eigenvalue weighted by Gasteiger charge is 2.20. The lowest BCUT2D eigenvalue weighted by molar-refractivity contribution is 0.0996. The Morgan fingerprint density at radius 1 is 0.875 bits per heavy atom. The standard InChI is InChI=1S/C32H34N2O5S/c1-32(2,19-22-11-13-24(14-12-22)39-25-15-17-26(18-16-25)40(3,36)37)33-20-23(35)21-38-30-10-6-9-29-31(30)27-7-4-5-8-28(27)34-29/h4-18,23,33-35H,19-21H2,1-3H3. The van der Waals surface area contributed by atoms with Crippen LogP contribution in [0.5, 0.6) is 17.2 Å². The van der Waals surface area contributed by atoms with E-state index in [2.05, 4.69) is 30.2 Å². The van der Waals surface area contributed by atoms with E-state index in [0.717, 1.165) is 39.5 Å². The van der Waals surface area contributed by atoms with Gasteiger partial charge < -0.3 is 24.9 Å². The summed E-state index contributed by atoms with van der Waals surface area (Å²) >= 11 is 0. The average molecular weight is 559 g/mol. The van der Waals surface area contributed by atoms with Crippen molar-refractivity contribution in [1.29, 1.82) is 0 Å². The number of hydrogen-bond donors (Lipinski definition) is 3. The minimum Gasteiger partial charge on any atom is -0.490 e. The normalized spacial score (nSPS) is 13.0. The third kappa shape index (κ3) is 6.65. The van der Waals surface area contributed by atoms with Crippen LogP contribution >= 0.6 is 0 Å². The van der Waals surface area contributed by atoms with Gasteiger partial charge in [0.1, 0.15) is 30.0 Å². The minimum absolute atomic E-state index is 0.179. The van der Waals surface area contributed by atoms with Gasteiger partial charge in [0, 0.05) is 34.6 Å². The summed E-state index contributed by atoms with van der Waals surface area (Å²) in [5, 5.41) is 16.3. The summed E-state index contributed by atoms with van der Waals surface area (Å²) in [6.45, 7) is 4.77. The zero-order valence-corrected chi connectivity index (χ0v) is 23.7. The fraction of sp³-hybridized carbons (Fsp3) is 0.250. The smallest absolute Gasteiger partial charge is 0.175 e. The largest absolute Gasteiger partial charge is 0.490 e. The Balaban J connectivity index is 1.13. The highest BCUT2D eigenvalue weighted by molar-refractivity contribution is 7.90. The number of ether oxygens (including phenoxy) is 2. The highest BCUT2D eigenvalue weighted by Crippen LogP contribution is 2.33. The van der Waals surface area contributed by atoms with Crippen LogP contribution in [0.25, 0.3) is 21.8 Å². The molecule has 7 nitrogen and oxygen atoms in total. The van der Waals surface area contributed by atoms with Crippen LogP contribution < -0.4 is 14.8 Å². The molecule has 40 heavy (non-hydrogen) atoms. The number of fused-ring (bicyclic) bond motifs is 3. The topological polar surface area (TPSA) is 101 Å². The molecule has 0 saturated carbocycles. The van der Waals surface area contributed by atoms with Crippen LogP contribution in [0.1, 0.15) is 19.4 Å². The van der Waals surface area contributed by atoms with E-state index in [9.17, 15) is 13.5 Å². The molecule has 0 radical (unpaired) electrons. The summed E-state index contributed by atoms with van der Waals surface area (Å²) in [6.07, 6.45) is 1.25. The number of H-pyrrole nitrogens is 1. The van der Waals surface area contributed by atoms with Crippen LogP contribution in [-0.2, 0) is 16.3 Å². The van der Waals surface area contributed by atoms with E-state index in [0.29, 0.717) is 18.0 Å². The molecular weight excluding hydrogens is 524 g/mol. The minimum atomic E-state index is -3.24. The van der Waals surface area contributed by atoms with Gasteiger partial charge in [-0.3, -0.25) is 0 Å². The molecule has 5 rings (SSSR count). The number of aromatic nitrogens is 1. The predicted molar refractivity (Wildman–Crippen MR) is 159 cm³/mol. The first-order chi connectivity index (χ1) is 19.1. The quantitative estimate of drug-likeness (QED) is 0.188. The van der Waals surface area contributed by atoms with E-state index in [1.807, 2.05) is 60.7 Å². The molecule has 0 amide bonds. The summed E-state index contributed by atoms with van der Waals surface area (Å²) in [5.41, 5.74) is 2.92. The maximum absolute atomic E-state index is 11.6. The molecule has 0 spiro atoms. The van der Waals surface area contributed by atoms with Crippen LogP contribution in [-0.4, -0.2) is 49.6 Å². The van der Waals surface area contributed by atoms with Crippen molar-refractivity contribution >= 4 is 31.6 Å². The number of sulfone groups is 1. The molecule has 1 heterocycles. The third-order valence-corrected chi connectivity index (χ3v) is 7.92. The summed E-state index contributed by atoms with van der Waals surface area (Å²) in [4.78, 5) is 3.67. The van der Waals surface area contributed by atoms with Crippen molar-refractivity contribution in [3.05, 3.63) is 96.6 Å². The fourth-order valence-electron chi connectivity index (χ4n) is 4.77. The first-order valence-corrected chi connectivity index (χ1v) is 15.1. The SMILES string of the molecule is CC(C)(Cc1ccc(Oc2ccc(S(C)(=O)=O)cc2)cc1)NCC(O)COc1cccc2[nH]c3ccccc3c12. The van der Waals surface area contributed by atoms with Gasteiger partial charge in [-0.25, -0.2) is 8.42 Å². The van der Waals surface area contributed by atoms with Gasteiger partial charge in [-0.15, -0.1) is 0 Å². The maximum atomic E-state index is 11.6. The second-order valence-electron chi connectivity index (χ2n) is 10.7. The lowest BCUT2D eigenvalue weighted by atomic mass is 9.94. The Labute approximate surface area is 234 Å². The molecule has 8 heteroatoms. The van der Waals surface area contributed by atoms with E-state index < -0.39 is 15.9 Å². The number of β-amino-alcohol motifs (C(OH)–C–C–N with tert-alkyl or cyclic N) is 1. The van der Waals surface area contributed by atoms with Crippen molar-refractivity contribution in [2.45, 2.75) is 36.8 Å². The van der Waals surface area contributed by atoms with Gasteiger partial charge in [-0.05, 0) is 80.4 Å². The van der Waals surface area contributed by atoms with Crippen LogP contribution in [0.2, 0.25) is 0 Å². The molecule has 5 aromatic rings. The first-order valence-electron chi connectivity index (χ1n) is 13.2. The molecule has 1 atom stereocenters. The summed E-state index contributed by atoms with van der Waals surface area (Å²) < 4.78 is 35.2. The molecule has 0 aliphatic carbocycles. The second kappa shape index (κ2) is 11.3. The Bertz CT molecular complexity index is 1710. The monoisotopic (exact) mass is 558 g/mol. The molecule has 3 N–H and O–H groups in total. The zero-order chi connectivity index (χ0) is 28.3. The Morgan fingerprint density at radius 3 is 2.23 bits per heavy atom. The van der Waals surface area contributed by atoms with Gasteiger partial charge in [0.25, 0.3) is 0 Å². The first kappa shape index (κ1) is 27.7. The molecule has 1 unspecified atom stereocenters. The van der Waals surface area contributed by atoms with Gasteiger partial charge in [-0.1, -0.05) is 36.4 Å². The van der Waals surface area contributed by atoms with Crippen LogP contribution in [0.4, 0.5) is 0 Å². The van der Waals surface area contributed by atoms with Gasteiger partial charge in [0.2, 0.25) is 0 Å². The van der Waals surface area contributed by atoms with Crippen molar-refractivity contribution in [3.63, 3.8) is 0 Å². The summed E-state index contributed by atoms with van der Waals surface area (Å²) in [5.74, 6) is 1.99. The van der Waals surface area contributed by atoms with E-state index >= 15 is 0 Å². The van der Waals surface area contributed by atoms with Crippen molar-refractivity contribution < 1.29 is 23.0 Å². The molecule has 0 aliphatic heterocycles. The predicted octanol–water partition coefficient (Wildman–Crippen LogP) is 5.87. The van der Waals surface area contributed by atoms with Crippen LogP contribution in [0.3, 0.4) is 0 Å². The Morgan fingerprint density at radius 2 is 1.52 bits per heavy atom. The molecular formula is C32H34N2O5S. The van der Waals surface area contributed by atoms with Crippen LogP contribution in [0.15, 0.2) is 95.9 Å². The molecule has 4 aromatic carbocycles. The number of para-hydroxylation sites is 1. The average Bonchev–Trinajstić information content (AvgIpc) is 3.31. The van der Waals surface area contributed by atoms with Crippen molar-refractivity contribution in [3.8, 4) is 17.2 Å². The third-order valence-electron chi connectivity index (χ3n) is 6.80. The van der Waals surface area contributed by atoms with Crippen molar-refractivity contribution in [2.24, 2.45) is 0 Å². The number of rotatable bonds is 11. The lowest BCUT2D eigenvalue weighted by Crippen LogP contribution is -2.46.